The van der Waals surface area contributed by atoms with E-state index < -0.39 is 15.3 Å². The van der Waals surface area contributed by atoms with Crippen LogP contribution in [-0.4, -0.2) is 14.3 Å². The van der Waals surface area contributed by atoms with Gasteiger partial charge in [-0.25, -0.2) is 8.42 Å². The summed E-state index contributed by atoms with van der Waals surface area (Å²) >= 11 is 1.41. The minimum atomic E-state index is -3.66. The minimum absolute atomic E-state index is 0.129. The van der Waals surface area contributed by atoms with E-state index in [4.69, 9.17) is 0 Å². The molecular formula is C27H24N2O3S2. The van der Waals surface area contributed by atoms with Crippen LogP contribution in [0.5, 0.6) is 0 Å². The Hall–Kier alpha value is -3.55. The van der Waals surface area contributed by atoms with Crippen LogP contribution >= 0.6 is 11.8 Å². The predicted octanol–water partition coefficient (Wildman–Crippen LogP) is 6.27. The van der Waals surface area contributed by atoms with E-state index in [1.165, 1.54) is 11.8 Å². The molecule has 0 saturated carbocycles. The van der Waals surface area contributed by atoms with Crippen LogP contribution in [-0.2, 0) is 14.8 Å². The second-order valence-electron chi connectivity index (χ2n) is 7.71. The van der Waals surface area contributed by atoms with Gasteiger partial charge in [-0.15, -0.1) is 11.8 Å². The summed E-state index contributed by atoms with van der Waals surface area (Å²) in [5, 5.41) is 2.53. The Balaban J connectivity index is 1.52. The maximum Gasteiger partial charge on any atom is 0.261 e. The Kier molecular flexibility index (Phi) is 7.35. The highest BCUT2D eigenvalue weighted by atomic mass is 32.2. The summed E-state index contributed by atoms with van der Waals surface area (Å²) in [6.45, 7) is 1.98. The largest absolute Gasteiger partial charge is 0.325 e. The van der Waals surface area contributed by atoms with E-state index in [9.17, 15) is 13.2 Å². The van der Waals surface area contributed by atoms with E-state index in [1.807, 2.05) is 73.7 Å². The highest BCUT2D eigenvalue weighted by Crippen LogP contribution is 2.37. The number of thioether (sulfide) groups is 1. The predicted molar refractivity (Wildman–Crippen MR) is 139 cm³/mol. The maximum absolute atomic E-state index is 13.2. The molecule has 0 aromatic heterocycles. The van der Waals surface area contributed by atoms with Gasteiger partial charge in [-0.3, -0.25) is 9.52 Å². The molecular weight excluding hydrogens is 464 g/mol. The molecule has 0 radical (unpaired) electrons. The molecule has 0 saturated heterocycles. The summed E-state index contributed by atoms with van der Waals surface area (Å²) < 4.78 is 27.7. The molecule has 4 aromatic carbocycles. The first-order valence-corrected chi connectivity index (χ1v) is 13.0. The quantitative estimate of drug-likeness (QED) is 0.287. The molecule has 7 heteroatoms. The monoisotopic (exact) mass is 488 g/mol. The van der Waals surface area contributed by atoms with Crippen molar-refractivity contribution in [3.63, 3.8) is 0 Å². The van der Waals surface area contributed by atoms with Crippen LogP contribution in [0.4, 0.5) is 11.4 Å². The number of hydrogen-bond acceptors (Lipinski definition) is 4. The molecule has 0 aliphatic rings. The van der Waals surface area contributed by atoms with Crippen LogP contribution in [0.15, 0.2) is 119 Å². The molecule has 4 rings (SSSR count). The maximum atomic E-state index is 13.2. The van der Waals surface area contributed by atoms with Crippen molar-refractivity contribution in [2.24, 2.45) is 0 Å². The van der Waals surface area contributed by atoms with Crippen molar-refractivity contribution in [2.45, 2.75) is 22.0 Å². The topological polar surface area (TPSA) is 75.3 Å². The summed E-state index contributed by atoms with van der Waals surface area (Å²) in [6.07, 6.45) is 0. The average molecular weight is 489 g/mol. The van der Waals surface area contributed by atoms with Gasteiger partial charge in [0.25, 0.3) is 10.0 Å². The first kappa shape index (κ1) is 23.6. The fourth-order valence-corrected chi connectivity index (χ4v) is 5.49. The van der Waals surface area contributed by atoms with Gasteiger partial charge < -0.3 is 5.32 Å². The summed E-state index contributed by atoms with van der Waals surface area (Å²) in [5.74, 6) is -0.129. The van der Waals surface area contributed by atoms with Gasteiger partial charge in [0.2, 0.25) is 5.91 Å². The fraction of sp³-hybridized carbons (Fsp3) is 0.0741. The van der Waals surface area contributed by atoms with E-state index in [0.717, 1.165) is 21.7 Å². The smallest absolute Gasteiger partial charge is 0.261 e. The number of sulfonamides is 1. The Labute approximate surface area is 204 Å². The molecule has 0 aliphatic heterocycles. The first-order valence-electron chi connectivity index (χ1n) is 10.7. The van der Waals surface area contributed by atoms with Crippen molar-refractivity contribution in [2.75, 3.05) is 10.0 Å². The summed E-state index contributed by atoms with van der Waals surface area (Å²) in [5.41, 5.74) is 3.15. The number of anilines is 2. The zero-order valence-electron chi connectivity index (χ0n) is 18.5. The number of amides is 1. The van der Waals surface area contributed by atoms with Crippen LogP contribution in [0.2, 0.25) is 0 Å². The molecule has 0 spiro atoms. The van der Waals surface area contributed by atoms with Crippen molar-refractivity contribution >= 4 is 39.1 Å². The van der Waals surface area contributed by atoms with Crippen LogP contribution < -0.4 is 10.0 Å². The van der Waals surface area contributed by atoms with Crippen molar-refractivity contribution in [1.29, 1.82) is 0 Å². The first-order chi connectivity index (χ1) is 16.4. The standard InChI is InChI=1S/C27H24N2O3S2/c1-20-9-8-12-23(19-20)28-27(30)26(21-10-4-2-5-11-21)33-24-17-15-22(16-18-24)29-34(31,32)25-13-6-3-7-14-25/h2-19,26,29H,1H3,(H,28,30). The normalized spacial score (nSPS) is 12.0. The molecule has 0 fully saturated rings. The second-order valence-corrected chi connectivity index (χ2v) is 10.6. The molecule has 34 heavy (non-hydrogen) atoms. The van der Waals surface area contributed by atoms with Gasteiger partial charge in [-0.1, -0.05) is 60.7 Å². The lowest BCUT2D eigenvalue weighted by atomic mass is 10.1. The number of aryl methyl sites for hydroxylation is 1. The van der Waals surface area contributed by atoms with Crippen molar-refractivity contribution in [3.05, 3.63) is 120 Å². The molecule has 4 aromatic rings. The molecule has 1 atom stereocenters. The van der Waals surface area contributed by atoms with Crippen LogP contribution in [0.25, 0.3) is 0 Å². The number of carbonyl (C=O) groups is 1. The summed E-state index contributed by atoms with van der Waals surface area (Å²) in [6, 6.07) is 32.5. The van der Waals surface area contributed by atoms with E-state index in [2.05, 4.69) is 10.0 Å². The Morgan fingerprint density at radius 2 is 1.41 bits per heavy atom. The van der Waals surface area contributed by atoms with Gasteiger partial charge in [0.1, 0.15) is 5.25 Å². The molecule has 1 unspecified atom stereocenters. The lowest BCUT2D eigenvalue weighted by Gasteiger charge is -2.18. The fourth-order valence-electron chi connectivity index (χ4n) is 3.38. The third kappa shape index (κ3) is 6.07. The van der Waals surface area contributed by atoms with E-state index >= 15 is 0 Å². The van der Waals surface area contributed by atoms with Gasteiger partial charge in [0, 0.05) is 16.3 Å². The zero-order valence-corrected chi connectivity index (χ0v) is 20.1. The summed E-state index contributed by atoms with van der Waals surface area (Å²) in [7, 11) is -3.66. The minimum Gasteiger partial charge on any atom is -0.325 e. The average Bonchev–Trinajstić information content (AvgIpc) is 2.84. The van der Waals surface area contributed by atoms with Crippen molar-refractivity contribution in [1.82, 2.24) is 0 Å². The molecule has 5 nitrogen and oxygen atoms in total. The highest BCUT2D eigenvalue weighted by Gasteiger charge is 2.22. The van der Waals surface area contributed by atoms with Gasteiger partial charge in [0.15, 0.2) is 0 Å². The molecule has 172 valence electrons. The van der Waals surface area contributed by atoms with Crippen LogP contribution in [0, 0.1) is 6.92 Å². The number of benzene rings is 4. The molecule has 0 heterocycles. The van der Waals surface area contributed by atoms with Gasteiger partial charge in [-0.2, -0.15) is 0 Å². The Morgan fingerprint density at radius 3 is 2.06 bits per heavy atom. The SMILES string of the molecule is Cc1cccc(NC(=O)C(Sc2ccc(NS(=O)(=O)c3ccccc3)cc2)c2ccccc2)c1. The van der Waals surface area contributed by atoms with Gasteiger partial charge >= 0.3 is 0 Å². The number of carbonyl (C=O) groups excluding carboxylic acids is 1. The number of nitrogens with one attached hydrogen (secondary N) is 2. The molecule has 2 N–H and O–H groups in total. The van der Waals surface area contributed by atoms with E-state index in [-0.39, 0.29) is 10.8 Å². The van der Waals surface area contributed by atoms with Crippen LogP contribution in [0.3, 0.4) is 0 Å². The van der Waals surface area contributed by atoms with Gasteiger partial charge in [0.05, 0.1) is 4.90 Å². The number of rotatable bonds is 8. The highest BCUT2D eigenvalue weighted by molar-refractivity contribution is 8.00. The van der Waals surface area contributed by atoms with Crippen LogP contribution in [0.1, 0.15) is 16.4 Å². The Bertz CT molecular complexity index is 1360. The third-order valence-electron chi connectivity index (χ3n) is 5.04. The van der Waals surface area contributed by atoms with Gasteiger partial charge in [-0.05, 0) is 66.6 Å². The molecule has 0 bridgehead atoms. The molecule has 0 aliphatic carbocycles. The zero-order chi connectivity index (χ0) is 24.0. The lowest BCUT2D eigenvalue weighted by molar-refractivity contribution is -0.115. The third-order valence-corrected chi connectivity index (χ3v) is 7.70. The number of hydrogen-bond donors (Lipinski definition) is 2. The van der Waals surface area contributed by atoms with E-state index in [0.29, 0.717) is 5.69 Å². The van der Waals surface area contributed by atoms with Crippen molar-refractivity contribution < 1.29 is 13.2 Å². The Morgan fingerprint density at radius 1 is 0.765 bits per heavy atom. The van der Waals surface area contributed by atoms with Crippen molar-refractivity contribution in [3.8, 4) is 0 Å². The lowest BCUT2D eigenvalue weighted by Crippen LogP contribution is -2.19. The molecule has 1 amide bonds. The summed E-state index contributed by atoms with van der Waals surface area (Å²) in [4.78, 5) is 14.3. The second kappa shape index (κ2) is 10.6. The van der Waals surface area contributed by atoms with E-state index in [1.54, 1.807) is 42.5 Å².